The van der Waals surface area contributed by atoms with Crippen LogP contribution in [0, 0.1) is 6.92 Å². The van der Waals surface area contributed by atoms with Gasteiger partial charge in [0.25, 0.3) is 0 Å². The predicted molar refractivity (Wildman–Crippen MR) is 42.0 cm³/mol. The summed E-state index contributed by atoms with van der Waals surface area (Å²) in [4.78, 5) is 8.66. The van der Waals surface area contributed by atoms with Crippen molar-refractivity contribution in [1.82, 2.24) is 0 Å². The van der Waals surface area contributed by atoms with Crippen LogP contribution in [0.25, 0.3) is 0 Å². The molecule has 0 bridgehead atoms. The van der Waals surface area contributed by atoms with Crippen LogP contribution in [0.15, 0.2) is 24.3 Å². The SMILES string of the molecule is Cc1ccc([PH](=O)O)cc1. The monoisotopic (exact) mass is 156 g/mol. The minimum atomic E-state index is -2.48. The maximum Gasteiger partial charge on any atom is 0.218 e. The van der Waals surface area contributed by atoms with Crippen molar-refractivity contribution in [2.45, 2.75) is 6.92 Å². The van der Waals surface area contributed by atoms with E-state index in [1.807, 2.05) is 19.1 Å². The number of aryl methyl sites for hydroxylation is 1. The van der Waals surface area contributed by atoms with Gasteiger partial charge in [-0.25, -0.2) is 0 Å². The van der Waals surface area contributed by atoms with Gasteiger partial charge in [-0.15, -0.1) is 0 Å². The van der Waals surface area contributed by atoms with E-state index < -0.39 is 8.03 Å². The minimum absolute atomic E-state index is 0.524. The topological polar surface area (TPSA) is 37.3 Å². The number of hydrogen-bond donors (Lipinski definition) is 1. The molecule has 0 aliphatic heterocycles. The van der Waals surface area contributed by atoms with Crippen LogP contribution in [-0.4, -0.2) is 4.89 Å². The minimum Gasteiger partial charge on any atom is -0.343 e. The third kappa shape index (κ3) is 1.69. The molecule has 1 aromatic carbocycles. The molecule has 0 fully saturated rings. The molecule has 0 heterocycles. The lowest BCUT2D eigenvalue weighted by Crippen LogP contribution is -1.93. The Morgan fingerprint density at radius 1 is 1.30 bits per heavy atom. The van der Waals surface area contributed by atoms with E-state index in [1.165, 1.54) is 0 Å². The lowest BCUT2D eigenvalue weighted by atomic mass is 10.2. The molecule has 0 spiro atoms. The maximum absolute atomic E-state index is 10.5. The van der Waals surface area contributed by atoms with Gasteiger partial charge in [-0.3, -0.25) is 4.57 Å². The molecule has 0 radical (unpaired) electrons. The Balaban J connectivity index is 3.00. The van der Waals surface area contributed by atoms with Gasteiger partial charge in [0.1, 0.15) is 0 Å². The molecule has 1 N–H and O–H groups in total. The summed E-state index contributed by atoms with van der Waals surface area (Å²) in [5.74, 6) is 0. The Bertz CT molecular complexity index is 240. The smallest absolute Gasteiger partial charge is 0.218 e. The lowest BCUT2D eigenvalue weighted by Gasteiger charge is -1.94. The van der Waals surface area contributed by atoms with Crippen molar-refractivity contribution in [1.29, 1.82) is 0 Å². The second kappa shape index (κ2) is 3.00. The molecule has 10 heavy (non-hydrogen) atoms. The maximum atomic E-state index is 10.5. The molecular formula is C7H9O2P. The zero-order chi connectivity index (χ0) is 7.56. The van der Waals surface area contributed by atoms with Gasteiger partial charge >= 0.3 is 0 Å². The van der Waals surface area contributed by atoms with Crippen LogP contribution >= 0.6 is 8.03 Å². The molecule has 2 nitrogen and oxygen atoms in total. The Morgan fingerprint density at radius 2 is 1.80 bits per heavy atom. The fourth-order valence-electron chi connectivity index (χ4n) is 0.696. The van der Waals surface area contributed by atoms with Crippen LogP contribution in [0.1, 0.15) is 5.56 Å². The molecule has 0 saturated carbocycles. The van der Waals surface area contributed by atoms with E-state index >= 15 is 0 Å². The van der Waals surface area contributed by atoms with Gasteiger partial charge in [0.15, 0.2) is 0 Å². The van der Waals surface area contributed by atoms with E-state index in [2.05, 4.69) is 0 Å². The van der Waals surface area contributed by atoms with Crippen LogP contribution in [-0.2, 0) is 4.57 Å². The molecule has 0 aliphatic rings. The zero-order valence-corrected chi connectivity index (χ0v) is 6.66. The summed E-state index contributed by atoms with van der Waals surface area (Å²) < 4.78 is 10.5. The highest BCUT2D eigenvalue weighted by Gasteiger charge is 1.95. The molecule has 0 saturated heterocycles. The molecule has 0 aromatic heterocycles. The number of hydrogen-bond acceptors (Lipinski definition) is 1. The number of benzene rings is 1. The van der Waals surface area contributed by atoms with E-state index in [4.69, 9.17) is 4.89 Å². The first-order valence-electron chi connectivity index (χ1n) is 3.00. The van der Waals surface area contributed by atoms with Crippen molar-refractivity contribution in [2.24, 2.45) is 0 Å². The molecule has 1 unspecified atom stereocenters. The molecule has 3 heteroatoms. The normalized spacial score (nSPS) is 13.0. The second-order valence-corrected chi connectivity index (χ2v) is 3.36. The first kappa shape index (κ1) is 7.52. The van der Waals surface area contributed by atoms with Crippen molar-refractivity contribution in [3.8, 4) is 0 Å². The molecule has 54 valence electrons. The van der Waals surface area contributed by atoms with Crippen LogP contribution in [0.5, 0.6) is 0 Å². The van der Waals surface area contributed by atoms with Crippen LogP contribution < -0.4 is 5.30 Å². The van der Waals surface area contributed by atoms with Gasteiger partial charge in [0, 0.05) is 5.30 Å². The zero-order valence-electron chi connectivity index (χ0n) is 5.66. The van der Waals surface area contributed by atoms with E-state index in [0.29, 0.717) is 5.30 Å². The summed E-state index contributed by atoms with van der Waals surface area (Å²) in [5.41, 5.74) is 1.10. The van der Waals surface area contributed by atoms with Gasteiger partial charge in [-0.2, -0.15) is 0 Å². The van der Waals surface area contributed by atoms with E-state index in [1.54, 1.807) is 12.1 Å². The number of rotatable bonds is 1. The predicted octanol–water partition coefficient (Wildman–Crippen LogP) is 1.09. The summed E-state index contributed by atoms with van der Waals surface area (Å²) >= 11 is 0. The van der Waals surface area contributed by atoms with Crippen molar-refractivity contribution in [2.75, 3.05) is 0 Å². The molecular weight excluding hydrogens is 147 g/mol. The summed E-state index contributed by atoms with van der Waals surface area (Å²) in [6, 6.07) is 7.01. The Morgan fingerprint density at radius 3 is 2.20 bits per heavy atom. The highest BCUT2D eigenvalue weighted by atomic mass is 31.1. The van der Waals surface area contributed by atoms with E-state index in [-0.39, 0.29) is 0 Å². The Kier molecular flexibility index (Phi) is 2.25. The average molecular weight is 156 g/mol. The fourth-order valence-corrected chi connectivity index (χ4v) is 1.15. The molecule has 0 aliphatic carbocycles. The van der Waals surface area contributed by atoms with Crippen molar-refractivity contribution < 1.29 is 9.46 Å². The third-order valence-electron chi connectivity index (χ3n) is 1.30. The Labute approximate surface area is 60.4 Å². The standard InChI is InChI=1S/C7H9O2P/c1-6-2-4-7(5-3-6)10(8)9/h2-5,10H,1H3,(H,8,9). The fraction of sp³-hybridized carbons (Fsp3) is 0.143. The van der Waals surface area contributed by atoms with Crippen molar-refractivity contribution in [3.63, 3.8) is 0 Å². The van der Waals surface area contributed by atoms with E-state index in [0.717, 1.165) is 5.56 Å². The van der Waals surface area contributed by atoms with E-state index in [9.17, 15) is 4.57 Å². The van der Waals surface area contributed by atoms with Gasteiger partial charge in [0.05, 0.1) is 0 Å². The highest BCUT2D eigenvalue weighted by molar-refractivity contribution is 7.47. The van der Waals surface area contributed by atoms with Gasteiger partial charge < -0.3 is 4.89 Å². The van der Waals surface area contributed by atoms with Gasteiger partial charge in [0.2, 0.25) is 8.03 Å². The first-order valence-corrected chi connectivity index (χ1v) is 4.35. The summed E-state index contributed by atoms with van der Waals surface area (Å²) in [6.07, 6.45) is 0. The molecule has 1 aromatic rings. The van der Waals surface area contributed by atoms with Crippen molar-refractivity contribution >= 4 is 13.3 Å². The largest absolute Gasteiger partial charge is 0.343 e. The quantitative estimate of drug-likeness (QED) is 0.618. The summed E-state index contributed by atoms with van der Waals surface area (Å²) in [7, 11) is -2.48. The van der Waals surface area contributed by atoms with Gasteiger partial charge in [-0.1, -0.05) is 17.7 Å². The summed E-state index contributed by atoms with van der Waals surface area (Å²) in [5, 5.41) is 0.524. The molecule has 1 atom stereocenters. The third-order valence-corrected chi connectivity index (χ3v) is 2.13. The first-order chi connectivity index (χ1) is 4.70. The average Bonchev–Trinajstić information content (AvgIpc) is 1.88. The highest BCUT2D eigenvalue weighted by Crippen LogP contribution is 2.12. The van der Waals surface area contributed by atoms with Crippen LogP contribution in [0.2, 0.25) is 0 Å². The second-order valence-electron chi connectivity index (χ2n) is 2.17. The molecule has 1 rings (SSSR count). The Hall–Kier alpha value is -0.590. The van der Waals surface area contributed by atoms with Gasteiger partial charge in [-0.05, 0) is 19.1 Å². The summed E-state index contributed by atoms with van der Waals surface area (Å²) in [6.45, 7) is 1.94. The van der Waals surface area contributed by atoms with Crippen molar-refractivity contribution in [3.05, 3.63) is 29.8 Å². The molecule has 0 amide bonds. The lowest BCUT2D eigenvalue weighted by molar-refractivity contribution is 0.513. The van der Waals surface area contributed by atoms with Crippen LogP contribution in [0.4, 0.5) is 0 Å². The van der Waals surface area contributed by atoms with Crippen LogP contribution in [0.3, 0.4) is 0 Å².